The van der Waals surface area contributed by atoms with Crippen molar-refractivity contribution in [2.75, 3.05) is 0 Å². The van der Waals surface area contributed by atoms with Crippen LogP contribution in [0.3, 0.4) is 0 Å². The summed E-state index contributed by atoms with van der Waals surface area (Å²) in [5.41, 5.74) is 2.15. The Morgan fingerprint density at radius 1 is 0.957 bits per heavy atom. The van der Waals surface area contributed by atoms with Gasteiger partial charge in [0.05, 0.1) is 0 Å². The standard InChI is InChI=1S/C21H23BrO/c22-19-13-11-18(12-14-19)21(23)15-20(16-7-3-1-4-8-16)17-9-5-2-6-10-17/h1,3-4,7-8,11-14,17,20H,2,5-6,9-10,15H2/t20-/m0/s1. The Morgan fingerprint density at radius 3 is 2.26 bits per heavy atom. The number of Topliss-reactive ketones (excluding diaryl/α,β-unsaturated/α-hetero) is 1. The lowest BCUT2D eigenvalue weighted by molar-refractivity contribution is 0.0958. The summed E-state index contributed by atoms with van der Waals surface area (Å²) in [6.07, 6.45) is 7.09. The van der Waals surface area contributed by atoms with Crippen molar-refractivity contribution < 1.29 is 4.79 Å². The Bertz CT molecular complexity index is 627. The Balaban J connectivity index is 1.80. The van der Waals surface area contributed by atoms with Gasteiger partial charge in [-0.05, 0) is 42.4 Å². The minimum Gasteiger partial charge on any atom is -0.294 e. The molecule has 0 bridgehead atoms. The first kappa shape index (κ1) is 16.4. The molecule has 0 saturated heterocycles. The van der Waals surface area contributed by atoms with Crippen LogP contribution in [0.25, 0.3) is 0 Å². The van der Waals surface area contributed by atoms with Crippen molar-refractivity contribution in [1.82, 2.24) is 0 Å². The van der Waals surface area contributed by atoms with Gasteiger partial charge in [-0.15, -0.1) is 0 Å². The van der Waals surface area contributed by atoms with Gasteiger partial charge in [0.25, 0.3) is 0 Å². The Morgan fingerprint density at radius 2 is 1.61 bits per heavy atom. The van der Waals surface area contributed by atoms with Gasteiger partial charge in [-0.3, -0.25) is 4.79 Å². The van der Waals surface area contributed by atoms with Gasteiger partial charge >= 0.3 is 0 Å². The molecular weight excluding hydrogens is 348 g/mol. The van der Waals surface area contributed by atoms with Crippen LogP contribution < -0.4 is 0 Å². The van der Waals surface area contributed by atoms with Gasteiger partial charge in [-0.25, -0.2) is 0 Å². The third kappa shape index (κ3) is 4.32. The molecule has 2 heteroatoms. The molecule has 2 aromatic carbocycles. The van der Waals surface area contributed by atoms with E-state index >= 15 is 0 Å². The minimum atomic E-state index is 0.261. The summed E-state index contributed by atoms with van der Waals surface area (Å²) in [6, 6.07) is 18.4. The highest BCUT2D eigenvalue weighted by atomic mass is 79.9. The van der Waals surface area contributed by atoms with Crippen LogP contribution in [0.1, 0.15) is 60.4 Å². The molecule has 0 spiro atoms. The lowest BCUT2D eigenvalue weighted by Crippen LogP contribution is -2.19. The van der Waals surface area contributed by atoms with E-state index in [0.717, 1.165) is 10.0 Å². The molecule has 1 fully saturated rings. The molecule has 3 rings (SSSR count). The van der Waals surface area contributed by atoms with E-state index in [-0.39, 0.29) is 5.78 Å². The van der Waals surface area contributed by atoms with Crippen molar-refractivity contribution in [1.29, 1.82) is 0 Å². The zero-order chi connectivity index (χ0) is 16.1. The Labute approximate surface area is 147 Å². The summed E-state index contributed by atoms with van der Waals surface area (Å²) in [5.74, 6) is 1.26. The smallest absolute Gasteiger partial charge is 0.163 e. The fourth-order valence-electron chi connectivity index (χ4n) is 3.75. The molecule has 0 unspecified atom stereocenters. The molecule has 1 aliphatic carbocycles. The molecule has 120 valence electrons. The number of hydrogen-bond acceptors (Lipinski definition) is 1. The molecule has 2 aromatic rings. The van der Waals surface area contributed by atoms with Crippen LogP contribution in [-0.2, 0) is 0 Å². The van der Waals surface area contributed by atoms with Crippen molar-refractivity contribution in [3.05, 3.63) is 70.2 Å². The average molecular weight is 371 g/mol. The first-order chi connectivity index (χ1) is 11.2. The number of halogens is 1. The number of hydrogen-bond donors (Lipinski definition) is 0. The fraction of sp³-hybridized carbons (Fsp3) is 0.381. The highest BCUT2D eigenvalue weighted by molar-refractivity contribution is 9.10. The zero-order valence-corrected chi connectivity index (χ0v) is 15.0. The maximum atomic E-state index is 12.8. The molecule has 1 aliphatic rings. The predicted octanol–water partition coefficient (Wildman–Crippen LogP) is 6.39. The number of rotatable bonds is 5. The Kier molecular flexibility index (Phi) is 5.66. The van der Waals surface area contributed by atoms with Crippen LogP contribution in [0.4, 0.5) is 0 Å². The molecule has 0 N–H and O–H groups in total. The van der Waals surface area contributed by atoms with Crippen molar-refractivity contribution in [2.24, 2.45) is 5.92 Å². The summed E-state index contributed by atoms with van der Waals surface area (Å²) < 4.78 is 1.01. The number of benzene rings is 2. The zero-order valence-electron chi connectivity index (χ0n) is 13.4. The third-order valence-corrected chi connectivity index (χ3v) is 5.55. The fourth-order valence-corrected chi connectivity index (χ4v) is 4.01. The van der Waals surface area contributed by atoms with E-state index in [4.69, 9.17) is 0 Å². The molecule has 0 aliphatic heterocycles. The lowest BCUT2D eigenvalue weighted by atomic mass is 9.74. The van der Waals surface area contributed by atoms with Gasteiger partial charge < -0.3 is 0 Å². The quantitative estimate of drug-likeness (QED) is 0.557. The van der Waals surface area contributed by atoms with Gasteiger partial charge in [0.2, 0.25) is 0 Å². The van der Waals surface area contributed by atoms with Crippen LogP contribution in [0.5, 0.6) is 0 Å². The van der Waals surface area contributed by atoms with Crippen LogP contribution in [0, 0.1) is 5.92 Å². The monoisotopic (exact) mass is 370 g/mol. The second kappa shape index (κ2) is 7.92. The number of carbonyl (C=O) groups is 1. The molecule has 0 aromatic heterocycles. The molecule has 1 nitrogen and oxygen atoms in total. The van der Waals surface area contributed by atoms with Crippen molar-refractivity contribution in [3.63, 3.8) is 0 Å². The number of carbonyl (C=O) groups excluding carboxylic acids is 1. The summed E-state index contributed by atoms with van der Waals surface area (Å²) >= 11 is 3.43. The second-order valence-corrected chi connectivity index (χ2v) is 7.47. The van der Waals surface area contributed by atoms with E-state index in [1.807, 2.05) is 24.3 Å². The highest BCUT2D eigenvalue weighted by Gasteiger charge is 2.27. The first-order valence-corrected chi connectivity index (χ1v) is 9.37. The topological polar surface area (TPSA) is 17.1 Å². The van der Waals surface area contributed by atoms with E-state index in [0.29, 0.717) is 18.3 Å². The lowest BCUT2D eigenvalue weighted by Gasteiger charge is -2.30. The van der Waals surface area contributed by atoms with Crippen LogP contribution >= 0.6 is 15.9 Å². The third-order valence-electron chi connectivity index (χ3n) is 5.02. The first-order valence-electron chi connectivity index (χ1n) is 8.58. The van der Waals surface area contributed by atoms with E-state index in [1.165, 1.54) is 37.7 Å². The van der Waals surface area contributed by atoms with Crippen LogP contribution in [0.15, 0.2) is 59.1 Å². The molecule has 0 heterocycles. The average Bonchev–Trinajstić information content (AvgIpc) is 2.61. The van der Waals surface area contributed by atoms with E-state index in [9.17, 15) is 4.79 Å². The van der Waals surface area contributed by atoms with E-state index < -0.39 is 0 Å². The maximum absolute atomic E-state index is 12.8. The van der Waals surface area contributed by atoms with Gasteiger partial charge in [-0.2, -0.15) is 0 Å². The molecule has 23 heavy (non-hydrogen) atoms. The van der Waals surface area contributed by atoms with E-state index in [2.05, 4.69) is 46.3 Å². The molecule has 0 amide bonds. The summed E-state index contributed by atoms with van der Waals surface area (Å²) in [4.78, 5) is 12.8. The van der Waals surface area contributed by atoms with Crippen molar-refractivity contribution >= 4 is 21.7 Å². The van der Waals surface area contributed by atoms with Crippen LogP contribution in [0.2, 0.25) is 0 Å². The molecule has 1 atom stereocenters. The van der Waals surface area contributed by atoms with Crippen molar-refractivity contribution in [3.8, 4) is 0 Å². The minimum absolute atomic E-state index is 0.261. The van der Waals surface area contributed by atoms with Crippen molar-refractivity contribution in [2.45, 2.75) is 44.4 Å². The van der Waals surface area contributed by atoms with Crippen LogP contribution in [-0.4, -0.2) is 5.78 Å². The predicted molar refractivity (Wildman–Crippen MR) is 98.8 cm³/mol. The molecule has 1 saturated carbocycles. The largest absolute Gasteiger partial charge is 0.294 e. The normalized spacial score (nSPS) is 16.9. The summed E-state index contributed by atoms with van der Waals surface area (Å²) in [7, 11) is 0. The Hall–Kier alpha value is -1.41. The van der Waals surface area contributed by atoms with Gasteiger partial charge in [-0.1, -0.05) is 77.7 Å². The van der Waals surface area contributed by atoms with Gasteiger partial charge in [0.1, 0.15) is 0 Å². The van der Waals surface area contributed by atoms with Gasteiger partial charge in [0.15, 0.2) is 5.78 Å². The molecule has 0 radical (unpaired) electrons. The summed E-state index contributed by atoms with van der Waals surface area (Å²) in [6.45, 7) is 0. The number of ketones is 1. The maximum Gasteiger partial charge on any atom is 0.163 e. The highest BCUT2D eigenvalue weighted by Crippen LogP contribution is 2.38. The van der Waals surface area contributed by atoms with E-state index in [1.54, 1.807) is 0 Å². The molecular formula is C21H23BrO. The SMILES string of the molecule is O=C(C[C@@H](c1ccccc1)C1CCCCC1)c1ccc(Br)cc1. The summed E-state index contributed by atoms with van der Waals surface area (Å²) in [5, 5.41) is 0. The second-order valence-electron chi connectivity index (χ2n) is 6.55. The van der Waals surface area contributed by atoms with Gasteiger partial charge in [0, 0.05) is 16.5 Å².